The van der Waals surface area contributed by atoms with Crippen molar-refractivity contribution in [2.75, 3.05) is 19.7 Å². The number of benzene rings is 2. The summed E-state index contributed by atoms with van der Waals surface area (Å²) in [5.74, 6) is 0.176. The molecule has 1 aliphatic heterocycles. The summed E-state index contributed by atoms with van der Waals surface area (Å²) in [5.41, 5.74) is 1.76. The number of rotatable bonds is 6. The lowest BCUT2D eigenvalue weighted by atomic mass is 10.1. The number of ketones is 1. The van der Waals surface area contributed by atoms with Gasteiger partial charge >= 0.3 is 0 Å². The minimum atomic E-state index is -0.189. The van der Waals surface area contributed by atoms with Crippen LogP contribution >= 0.6 is 0 Å². The van der Waals surface area contributed by atoms with Gasteiger partial charge in [-0.25, -0.2) is 4.68 Å². The second-order valence-electron chi connectivity index (χ2n) is 6.71. The van der Waals surface area contributed by atoms with Gasteiger partial charge in [0.15, 0.2) is 12.4 Å². The number of carbonyl (C=O) groups is 2. The molecule has 1 aliphatic rings. The minimum Gasteiger partial charge on any atom is -0.483 e. The average molecular weight is 375 g/mol. The summed E-state index contributed by atoms with van der Waals surface area (Å²) < 4.78 is 7.37. The molecule has 6 nitrogen and oxygen atoms in total. The molecule has 1 amide bonds. The van der Waals surface area contributed by atoms with Gasteiger partial charge in [0.25, 0.3) is 5.91 Å². The molecule has 2 heterocycles. The Labute approximate surface area is 163 Å². The van der Waals surface area contributed by atoms with Gasteiger partial charge in [-0.3, -0.25) is 9.59 Å². The van der Waals surface area contributed by atoms with Gasteiger partial charge in [-0.05, 0) is 37.1 Å². The topological polar surface area (TPSA) is 64.4 Å². The lowest BCUT2D eigenvalue weighted by Gasteiger charge is -2.16. The summed E-state index contributed by atoms with van der Waals surface area (Å²) in [6.45, 7) is 1.50. The van der Waals surface area contributed by atoms with E-state index in [2.05, 4.69) is 5.10 Å². The van der Waals surface area contributed by atoms with Gasteiger partial charge in [0.05, 0.1) is 23.0 Å². The van der Waals surface area contributed by atoms with Crippen LogP contribution in [-0.4, -0.2) is 46.1 Å². The minimum absolute atomic E-state index is 0.0448. The van der Waals surface area contributed by atoms with Crippen molar-refractivity contribution in [3.63, 3.8) is 0 Å². The number of likely N-dealkylation sites (tertiary alicyclic amines) is 1. The lowest BCUT2D eigenvalue weighted by Crippen LogP contribution is -2.32. The van der Waals surface area contributed by atoms with Crippen molar-refractivity contribution in [3.8, 4) is 11.4 Å². The molecule has 1 saturated heterocycles. The van der Waals surface area contributed by atoms with E-state index in [1.165, 1.54) is 0 Å². The van der Waals surface area contributed by atoms with E-state index < -0.39 is 0 Å². The Bertz CT molecular complexity index is 975. The third-order valence-electron chi connectivity index (χ3n) is 4.81. The molecule has 1 fully saturated rings. The molecule has 142 valence electrons. The van der Waals surface area contributed by atoms with Crippen molar-refractivity contribution in [2.45, 2.75) is 12.8 Å². The molecule has 6 heteroatoms. The zero-order valence-corrected chi connectivity index (χ0v) is 15.5. The van der Waals surface area contributed by atoms with E-state index in [0.29, 0.717) is 16.9 Å². The molecule has 4 rings (SSSR count). The highest BCUT2D eigenvalue weighted by Crippen LogP contribution is 2.22. The van der Waals surface area contributed by atoms with Gasteiger partial charge in [0.2, 0.25) is 0 Å². The Balaban J connectivity index is 1.50. The summed E-state index contributed by atoms with van der Waals surface area (Å²) in [6, 6.07) is 16.6. The van der Waals surface area contributed by atoms with Crippen molar-refractivity contribution in [3.05, 3.63) is 78.1 Å². The van der Waals surface area contributed by atoms with Crippen molar-refractivity contribution in [1.29, 1.82) is 0 Å². The number of hydrogen-bond acceptors (Lipinski definition) is 4. The van der Waals surface area contributed by atoms with Gasteiger partial charge in [-0.1, -0.05) is 30.3 Å². The highest BCUT2D eigenvalue weighted by atomic mass is 16.5. The normalized spacial score (nSPS) is 13.5. The van der Waals surface area contributed by atoms with Crippen LogP contribution in [0.25, 0.3) is 5.69 Å². The Morgan fingerprint density at radius 2 is 1.68 bits per heavy atom. The number of carbonyl (C=O) groups excluding carboxylic acids is 2. The average Bonchev–Trinajstić information content (AvgIpc) is 3.45. The van der Waals surface area contributed by atoms with Crippen LogP contribution in [0.3, 0.4) is 0 Å². The smallest absolute Gasteiger partial charge is 0.260 e. The molecule has 28 heavy (non-hydrogen) atoms. The Kier molecular flexibility index (Phi) is 5.19. The Hall–Kier alpha value is -3.41. The molecule has 0 saturated carbocycles. The SMILES string of the molecule is O=C(c1cnn(-c2ccccc2)c1)c1ccccc1OCC(=O)N1CCCC1. The lowest BCUT2D eigenvalue weighted by molar-refractivity contribution is -0.132. The summed E-state index contributed by atoms with van der Waals surface area (Å²) >= 11 is 0. The fraction of sp³-hybridized carbons (Fsp3) is 0.227. The molecule has 3 aromatic rings. The predicted octanol–water partition coefficient (Wildman–Crippen LogP) is 3.10. The van der Waals surface area contributed by atoms with E-state index >= 15 is 0 Å². The fourth-order valence-electron chi connectivity index (χ4n) is 3.29. The van der Waals surface area contributed by atoms with Crippen molar-refractivity contribution < 1.29 is 14.3 Å². The molecular formula is C22H21N3O3. The first-order chi connectivity index (χ1) is 13.7. The molecule has 0 unspecified atom stereocenters. The summed E-state index contributed by atoms with van der Waals surface area (Å²) in [4.78, 5) is 27.0. The Morgan fingerprint density at radius 3 is 2.46 bits per heavy atom. The van der Waals surface area contributed by atoms with Crippen LogP contribution in [0.5, 0.6) is 5.75 Å². The molecule has 0 spiro atoms. The van der Waals surface area contributed by atoms with Gasteiger partial charge in [0.1, 0.15) is 5.75 Å². The third kappa shape index (κ3) is 3.81. The maximum absolute atomic E-state index is 13.0. The molecule has 0 radical (unpaired) electrons. The zero-order chi connectivity index (χ0) is 19.3. The number of ether oxygens (including phenoxy) is 1. The van der Waals surface area contributed by atoms with Gasteiger partial charge < -0.3 is 9.64 Å². The van der Waals surface area contributed by atoms with Crippen molar-refractivity contribution >= 4 is 11.7 Å². The molecule has 1 aromatic heterocycles. The van der Waals surface area contributed by atoms with Gasteiger partial charge in [-0.2, -0.15) is 5.10 Å². The van der Waals surface area contributed by atoms with Crippen LogP contribution in [0.1, 0.15) is 28.8 Å². The maximum atomic E-state index is 13.0. The fourth-order valence-corrected chi connectivity index (χ4v) is 3.29. The number of aromatic nitrogens is 2. The maximum Gasteiger partial charge on any atom is 0.260 e. The van der Waals surface area contributed by atoms with E-state index in [4.69, 9.17) is 4.74 Å². The summed E-state index contributed by atoms with van der Waals surface area (Å²) in [7, 11) is 0. The zero-order valence-electron chi connectivity index (χ0n) is 15.5. The third-order valence-corrected chi connectivity index (χ3v) is 4.81. The number of nitrogens with zero attached hydrogens (tertiary/aromatic N) is 3. The monoisotopic (exact) mass is 375 g/mol. The van der Waals surface area contributed by atoms with Crippen LogP contribution in [0.15, 0.2) is 67.0 Å². The molecule has 0 atom stereocenters. The highest BCUT2D eigenvalue weighted by molar-refractivity contribution is 6.10. The number of para-hydroxylation sites is 2. The van der Waals surface area contributed by atoms with Gasteiger partial charge in [0, 0.05) is 19.3 Å². The molecular weight excluding hydrogens is 354 g/mol. The first kappa shape index (κ1) is 18.0. The second kappa shape index (κ2) is 8.08. The van der Waals surface area contributed by atoms with E-state index in [1.807, 2.05) is 30.3 Å². The van der Waals surface area contributed by atoms with Crippen molar-refractivity contribution in [2.24, 2.45) is 0 Å². The second-order valence-corrected chi connectivity index (χ2v) is 6.71. The summed E-state index contributed by atoms with van der Waals surface area (Å²) in [6.07, 6.45) is 5.31. The first-order valence-electron chi connectivity index (χ1n) is 9.37. The van der Waals surface area contributed by atoms with E-state index in [-0.39, 0.29) is 18.3 Å². The summed E-state index contributed by atoms with van der Waals surface area (Å²) in [5, 5.41) is 4.28. The van der Waals surface area contributed by atoms with Crippen LogP contribution in [0, 0.1) is 0 Å². The standard InChI is InChI=1S/C22H21N3O3/c26-21(24-12-6-7-13-24)16-28-20-11-5-4-10-19(20)22(27)17-14-23-25(15-17)18-8-2-1-3-9-18/h1-5,8-11,14-15H,6-7,12-13,16H2. The predicted molar refractivity (Wildman–Crippen MR) is 105 cm³/mol. The van der Waals surface area contributed by atoms with Crippen LogP contribution in [0.2, 0.25) is 0 Å². The Morgan fingerprint density at radius 1 is 0.964 bits per heavy atom. The van der Waals surface area contributed by atoms with E-state index in [0.717, 1.165) is 31.6 Å². The molecule has 0 aliphatic carbocycles. The van der Waals surface area contributed by atoms with E-state index in [9.17, 15) is 9.59 Å². The largest absolute Gasteiger partial charge is 0.483 e. The number of amides is 1. The van der Waals surface area contributed by atoms with E-state index in [1.54, 1.807) is 46.2 Å². The molecule has 0 bridgehead atoms. The van der Waals surface area contributed by atoms with Crippen LogP contribution < -0.4 is 4.74 Å². The van der Waals surface area contributed by atoms with Gasteiger partial charge in [-0.15, -0.1) is 0 Å². The molecule has 0 N–H and O–H groups in total. The highest BCUT2D eigenvalue weighted by Gasteiger charge is 2.20. The van der Waals surface area contributed by atoms with Crippen LogP contribution in [0.4, 0.5) is 0 Å². The molecule has 2 aromatic carbocycles. The quantitative estimate of drug-likeness (QED) is 0.621. The van der Waals surface area contributed by atoms with Crippen molar-refractivity contribution in [1.82, 2.24) is 14.7 Å². The first-order valence-corrected chi connectivity index (χ1v) is 9.37. The van der Waals surface area contributed by atoms with Crippen LogP contribution in [-0.2, 0) is 4.79 Å². The number of hydrogen-bond donors (Lipinski definition) is 0.